The van der Waals surface area contributed by atoms with Crippen molar-refractivity contribution < 1.29 is 17.2 Å². The quantitative estimate of drug-likeness (QED) is 0.847. The van der Waals surface area contributed by atoms with Gasteiger partial charge >= 0.3 is 0 Å². The van der Waals surface area contributed by atoms with E-state index in [-0.39, 0.29) is 4.47 Å². The number of sulfonamides is 1. The number of hydrogen-bond acceptors (Lipinski definition) is 2. The number of halogens is 3. The molecule has 17 heavy (non-hydrogen) atoms. The van der Waals surface area contributed by atoms with Crippen LogP contribution in [0.3, 0.4) is 0 Å². The maximum absolute atomic E-state index is 13.4. The predicted molar refractivity (Wildman–Crippen MR) is 66.4 cm³/mol. The van der Waals surface area contributed by atoms with Crippen LogP contribution in [0.4, 0.5) is 14.5 Å². The van der Waals surface area contributed by atoms with Crippen molar-refractivity contribution in [3.63, 3.8) is 0 Å². The minimum Gasteiger partial charge on any atom is -0.280 e. The third-order valence-electron chi connectivity index (χ3n) is 2.06. The first-order chi connectivity index (χ1) is 7.54. The molecule has 1 aromatic rings. The van der Waals surface area contributed by atoms with Gasteiger partial charge in [-0.15, -0.1) is 0 Å². The second kappa shape index (κ2) is 4.53. The topological polar surface area (TPSA) is 46.2 Å². The van der Waals surface area contributed by atoms with E-state index in [9.17, 15) is 17.2 Å². The lowest BCUT2D eigenvalue weighted by Gasteiger charge is -2.20. The molecule has 0 bridgehead atoms. The van der Waals surface area contributed by atoms with Crippen molar-refractivity contribution in [2.45, 2.75) is 25.5 Å². The molecule has 0 aliphatic heterocycles. The first-order valence-electron chi connectivity index (χ1n) is 4.71. The molecule has 3 nitrogen and oxygen atoms in total. The highest BCUT2D eigenvalue weighted by molar-refractivity contribution is 9.10. The van der Waals surface area contributed by atoms with Crippen molar-refractivity contribution in [3.05, 3.63) is 28.2 Å². The molecular formula is C10H12BrF2NO2S. The fourth-order valence-corrected chi connectivity index (χ4v) is 1.97. The van der Waals surface area contributed by atoms with Gasteiger partial charge in [0.2, 0.25) is 10.0 Å². The average Bonchev–Trinajstić information content (AvgIpc) is 2.12. The molecule has 0 aromatic heterocycles. The molecule has 0 unspecified atom stereocenters. The summed E-state index contributed by atoms with van der Waals surface area (Å²) in [5.41, 5.74) is -0.402. The van der Waals surface area contributed by atoms with E-state index in [0.29, 0.717) is 0 Å². The fourth-order valence-electron chi connectivity index (χ4n) is 0.899. The molecule has 0 aliphatic carbocycles. The lowest BCUT2D eigenvalue weighted by molar-refractivity contribution is 0.564. The van der Waals surface area contributed by atoms with Crippen LogP contribution < -0.4 is 4.72 Å². The van der Waals surface area contributed by atoms with Crippen molar-refractivity contribution in [2.75, 3.05) is 4.72 Å². The lowest BCUT2D eigenvalue weighted by atomic mass is 10.3. The van der Waals surface area contributed by atoms with Gasteiger partial charge in [0.25, 0.3) is 0 Å². The van der Waals surface area contributed by atoms with E-state index < -0.39 is 32.1 Å². The van der Waals surface area contributed by atoms with Crippen molar-refractivity contribution in [1.82, 2.24) is 0 Å². The van der Waals surface area contributed by atoms with Gasteiger partial charge in [0.1, 0.15) is 11.6 Å². The summed E-state index contributed by atoms with van der Waals surface area (Å²) in [5, 5.41) is 0. The Labute approximate surface area is 107 Å². The summed E-state index contributed by atoms with van der Waals surface area (Å²) in [4.78, 5) is 0. The van der Waals surface area contributed by atoms with Gasteiger partial charge in [0, 0.05) is 6.07 Å². The van der Waals surface area contributed by atoms with E-state index in [1.807, 2.05) is 4.72 Å². The number of anilines is 1. The molecular weight excluding hydrogens is 316 g/mol. The molecule has 0 saturated heterocycles. The summed E-state index contributed by atoms with van der Waals surface area (Å²) in [6.07, 6.45) is 0. The maximum Gasteiger partial charge on any atom is 0.237 e. The standard InChI is InChI=1S/C10H12BrF2NO2S/c1-10(2,3)17(15,16)14-9-5-7(12)6(11)4-8(9)13/h4-5,14H,1-3H3. The Bertz CT molecular complexity index is 538. The molecule has 0 saturated carbocycles. The molecule has 1 rings (SSSR count). The van der Waals surface area contributed by atoms with Crippen LogP contribution in [0.2, 0.25) is 0 Å². The highest BCUT2D eigenvalue weighted by Gasteiger charge is 2.29. The molecule has 0 heterocycles. The summed E-state index contributed by atoms with van der Waals surface area (Å²) in [7, 11) is -3.77. The summed E-state index contributed by atoms with van der Waals surface area (Å²) < 4.78 is 51.0. The van der Waals surface area contributed by atoms with E-state index >= 15 is 0 Å². The lowest BCUT2D eigenvalue weighted by Crippen LogP contribution is -2.34. The number of hydrogen-bond donors (Lipinski definition) is 1. The highest BCUT2D eigenvalue weighted by Crippen LogP contribution is 2.26. The second-order valence-corrected chi connectivity index (χ2v) is 7.75. The summed E-state index contributed by atoms with van der Waals surface area (Å²) in [6.45, 7) is 4.38. The molecule has 1 N–H and O–H groups in total. The fraction of sp³-hybridized carbons (Fsp3) is 0.400. The van der Waals surface area contributed by atoms with Gasteiger partial charge in [-0.1, -0.05) is 0 Å². The van der Waals surface area contributed by atoms with Crippen LogP contribution in [0.1, 0.15) is 20.8 Å². The zero-order chi connectivity index (χ0) is 13.4. The molecule has 1 aromatic carbocycles. The van der Waals surface area contributed by atoms with Gasteiger partial charge in [-0.2, -0.15) is 0 Å². The third kappa shape index (κ3) is 3.16. The largest absolute Gasteiger partial charge is 0.280 e. The predicted octanol–water partition coefficient (Wildman–Crippen LogP) is 3.27. The van der Waals surface area contributed by atoms with Gasteiger partial charge in [0.15, 0.2) is 0 Å². The van der Waals surface area contributed by atoms with Crippen molar-refractivity contribution in [3.8, 4) is 0 Å². The van der Waals surface area contributed by atoms with Crippen LogP contribution in [0.15, 0.2) is 16.6 Å². The zero-order valence-corrected chi connectivity index (χ0v) is 11.9. The van der Waals surface area contributed by atoms with Gasteiger partial charge in [-0.05, 0) is 42.8 Å². The Kier molecular flexibility index (Phi) is 3.83. The normalized spacial score (nSPS) is 12.6. The van der Waals surface area contributed by atoms with Crippen LogP contribution in [0, 0.1) is 11.6 Å². The van der Waals surface area contributed by atoms with Gasteiger partial charge < -0.3 is 0 Å². The van der Waals surface area contributed by atoms with E-state index in [2.05, 4.69) is 15.9 Å². The van der Waals surface area contributed by atoms with Crippen LogP contribution in [-0.4, -0.2) is 13.2 Å². The van der Waals surface area contributed by atoms with Gasteiger partial charge in [-0.25, -0.2) is 17.2 Å². The highest BCUT2D eigenvalue weighted by atomic mass is 79.9. The van der Waals surface area contributed by atoms with Crippen molar-refractivity contribution in [1.29, 1.82) is 0 Å². The average molecular weight is 328 g/mol. The number of nitrogens with one attached hydrogen (secondary N) is 1. The second-order valence-electron chi connectivity index (χ2n) is 4.46. The SMILES string of the molecule is CC(C)(C)S(=O)(=O)Nc1cc(F)c(Br)cc1F. The minimum atomic E-state index is -3.77. The summed E-state index contributed by atoms with van der Waals surface area (Å²) >= 11 is 2.81. The molecule has 0 amide bonds. The van der Waals surface area contributed by atoms with Crippen LogP contribution in [-0.2, 0) is 10.0 Å². The van der Waals surface area contributed by atoms with Gasteiger partial charge in [0.05, 0.1) is 14.9 Å². The molecule has 0 fully saturated rings. The Morgan fingerprint density at radius 2 is 1.71 bits per heavy atom. The smallest absolute Gasteiger partial charge is 0.237 e. The first-order valence-corrected chi connectivity index (χ1v) is 6.99. The Hall–Kier alpha value is -0.690. The van der Waals surface area contributed by atoms with Crippen molar-refractivity contribution >= 4 is 31.6 Å². The van der Waals surface area contributed by atoms with E-state index in [1.165, 1.54) is 20.8 Å². The minimum absolute atomic E-state index is 0.0614. The number of benzene rings is 1. The molecule has 96 valence electrons. The molecule has 0 radical (unpaired) electrons. The van der Waals surface area contributed by atoms with Gasteiger partial charge in [-0.3, -0.25) is 4.72 Å². The molecule has 0 spiro atoms. The molecule has 0 aliphatic rings. The van der Waals surface area contributed by atoms with Crippen LogP contribution in [0.25, 0.3) is 0 Å². The molecule has 7 heteroatoms. The summed E-state index contributed by atoms with van der Waals surface area (Å²) in [6, 6.07) is 1.67. The summed E-state index contributed by atoms with van der Waals surface area (Å²) in [5.74, 6) is -1.58. The van der Waals surface area contributed by atoms with Crippen LogP contribution >= 0.6 is 15.9 Å². The first kappa shape index (κ1) is 14.4. The maximum atomic E-state index is 13.4. The Morgan fingerprint density at radius 3 is 2.18 bits per heavy atom. The number of rotatable bonds is 2. The van der Waals surface area contributed by atoms with Crippen molar-refractivity contribution in [2.24, 2.45) is 0 Å². The van der Waals surface area contributed by atoms with E-state index in [4.69, 9.17) is 0 Å². The van der Waals surface area contributed by atoms with E-state index in [1.54, 1.807) is 0 Å². The van der Waals surface area contributed by atoms with Crippen LogP contribution in [0.5, 0.6) is 0 Å². The zero-order valence-electron chi connectivity index (χ0n) is 9.51. The Morgan fingerprint density at radius 1 is 1.18 bits per heavy atom. The van der Waals surface area contributed by atoms with E-state index in [0.717, 1.165) is 12.1 Å². The monoisotopic (exact) mass is 327 g/mol. The Balaban J connectivity index is 3.18. The molecule has 0 atom stereocenters. The third-order valence-corrected chi connectivity index (χ3v) is 4.77.